The summed E-state index contributed by atoms with van der Waals surface area (Å²) < 4.78 is 27.8. The Hall–Kier alpha value is -1.12. The Bertz CT molecular complexity index is 497. The molecule has 0 atom stereocenters. The number of nitrogens with two attached hydrogens (primary N) is 1. The second-order valence-electron chi connectivity index (χ2n) is 4.38. The van der Waals surface area contributed by atoms with Crippen LogP contribution >= 0.6 is 0 Å². The molecule has 0 saturated carbocycles. The largest absolute Gasteiger partial charge is 0.381 e. The molecule has 2 heterocycles. The zero-order valence-corrected chi connectivity index (χ0v) is 11.5. The third-order valence-corrected chi connectivity index (χ3v) is 5.30. The molecular formula is C10H19N5O2S. The van der Waals surface area contributed by atoms with Crippen LogP contribution in [0.15, 0.2) is 11.4 Å². The molecule has 1 saturated heterocycles. The molecule has 7 nitrogen and oxygen atoms in total. The van der Waals surface area contributed by atoms with Crippen LogP contribution in [0.5, 0.6) is 0 Å². The van der Waals surface area contributed by atoms with Crippen LogP contribution in [-0.2, 0) is 17.1 Å². The maximum absolute atomic E-state index is 12.5. The SMILES string of the molecule is CCN1CCN(S(=O)(=O)c2c(N)ncn2C)CC1. The van der Waals surface area contributed by atoms with E-state index in [9.17, 15) is 8.42 Å². The first-order valence-electron chi connectivity index (χ1n) is 5.96. The van der Waals surface area contributed by atoms with Crippen LogP contribution in [0, 0.1) is 0 Å². The lowest BCUT2D eigenvalue weighted by Crippen LogP contribution is -2.48. The second-order valence-corrected chi connectivity index (χ2v) is 6.24. The van der Waals surface area contributed by atoms with E-state index in [1.54, 1.807) is 7.05 Å². The maximum Gasteiger partial charge on any atom is 0.262 e. The summed E-state index contributed by atoms with van der Waals surface area (Å²) >= 11 is 0. The Kier molecular flexibility index (Phi) is 3.60. The van der Waals surface area contributed by atoms with Gasteiger partial charge in [-0.05, 0) is 6.54 Å². The minimum atomic E-state index is -3.53. The predicted molar refractivity (Wildman–Crippen MR) is 68.5 cm³/mol. The van der Waals surface area contributed by atoms with Gasteiger partial charge in [0.25, 0.3) is 10.0 Å². The van der Waals surface area contributed by atoms with Crippen molar-refractivity contribution in [2.75, 3.05) is 38.5 Å². The fourth-order valence-electron chi connectivity index (χ4n) is 2.16. The molecule has 0 aliphatic carbocycles. The molecule has 0 amide bonds. The molecule has 102 valence electrons. The number of nitrogens with zero attached hydrogens (tertiary/aromatic N) is 4. The number of nitrogen functional groups attached to an aromatic ring is 1. The highest BCUT2D eigenvalue weighted by Gasteiger charge is 2.32. The average molecular weight is 273 g/mol. The third-order valence-electron chi connectivity index (χ3n) is 3.27. The van der Waals surface area contributed by atoms with Gasteiger partial charge in [-0.15, -0.1) is 0 Å². The first-order valence-corrected chi connectivity index (χ1v) is 7.40. The molecule has 0 spiro atoms. The van der Waals surface area contributed by atoms with Crippen molar-refractivity contribution < 1.29 is 8.42 Å². The minimum absolute atomic E-state index is 0.0652. The van der Waals surface area contributed by atoms with Crippen LogP contribution in [0.4, 0.5) is 5.82 Å². The zero-order chi connectivity index (χ0) is 13.3. The van der Waals surface area contributed by atoms with Crippen molar-refractivity contribution in [3.63, 3.8) is 0 Å². The van der Waals surface area contributed by atoms with Gasteiger partial charge in [-0.25, -0.2) is 13.4 Å². The lowest BCUT2D eigenvalue weighted by atomic mass is 10.4. The Morgan fingerprint density at radius 1 is 1.33 bits per heavy atom. The van der Waals surface area contributed by atoms with Crippen molar-refractivity contribution in [3.05, 3.63) is 6.33 Å². The summed E-state index contributed by atoms with van der Waals surface area (Å²) in [6.07, 6.45) is 1.42. The number of aromatic nitrogens is 2. The molecular weight excluding hydrogens is 254 g/mol. The fourth-order valence-corrected chi connectivity index (χ4v) is 3.78. The molecule has 0 unspecified atom stereocenters. The number of piperazine rings is 1. The molecule has 8 heteroatoms. The van der Waals surface area contributed by atoms with E-state index in [1.807, 2.05) is 0 Å². The van der Waals surface area contributed by atoms with Crippen LogP contribution in [0.25, 0.3) is 0 Å². The molecule has 1 aromatic heterocycles. The highest BCUT2D eigenvalue weighted by molar-refractivity contribution is 7.89. The fraction of sp³-hybridized carbons (Fsp3) is 0.700. The lowest BCUT2D eigenvalue weighted by molar-refractivity contribution is 0.196. The number of aryl methyl sites for hydroxylation is 1. The molecule has 0 radical (unpaired) electrons. The minimum Gasteiger partial charge on any atom is -0.381 e. The Labute approximate surface area is 107 Å². The molecule has 1 aromatic rings. The van der Waals surface area contributed by atoms with Gasteiger partial charge in [0.05, 0.1) is 6.33 Å². The molecule has 1 aliphatic rings. The number of hydrogen-bond acceptors (Lipinski definition) is 5. The van der Waals surface area contributed by atoms with E-state index in [4.69, 9.17) is 5.73 Å². The summed E-state index contributed by atoms with van der Waals surface area (Å²) in [6, 6.07) is 0. The van der Waals surface area contributed by atoms with E-state index >= 15 is 0 Å². The molecule has 2 rings (SSSR count). The zero-order valence-electron chi connectivity index (χ0n) is 10.7. The number of likely N-dealkylation sites (N-methyl/N-ethyl adjacent to an activating group) is 1. The summed E-state index contributed by atoms with van der Waals surface area (Å²) in [5, 5.41) is 0.0902. The second kappa shape index (κ2) is 4.87. The topological polar surface area (TPSA) is 84.5 Å². The number of imidazole rings is 1. The van der Waals surface area contributed by atoms with E-state index in [2.05, 4.69) is 16.8 Å². The smallest absolute Gasteiger partial charge is 0.262 e. The normalized spacial score (nSPS) is 19.2. The van der Waals surface area contributed by atoms with Gasteiger partial charge >= 0.3 is 0 Å². The van der Waals surface area contributed by atoms with Gasteiger partial charge in [-0.2, -0.15) is 4.31 Å². The van der Waals surface area contributed by atoms with Crippen LogP contribution in [0.2, 0.25) is 0 Å². The lowest BCUT2D eigenvalue weighted by Gasteiger charge is -2.33. The van der Waals surface area contributed by atoms with Gasteiger partial charge in [0.1, 0.15) is 0 Å². The number of anilines is 1. The summed E-state index contributed by atoms with van der Waals surface area (Å²) in [6.45, 7) is 5.54. The summed E-state index contributed by atoms with van der Waals surface area (Å²) in [7, 11) is -1.89. The van der Waals surface area contributed by atoms with Crippen LogP contribution in [0.1, 0.15) is 6.92 Å². The van der Waals surface area contributed by atoms with Crippen molar-refractivity contribution in [3.8, 4) is 0 Å². The van der Waals surface area contributed by atoms with E-state index in [0.29, 0.717) is 13.1 Å². The average Bonchev–Trinajstić information content (AvgIpc) is 2.69. The Balaban J connectivity index is 2.23. The predicted octanol–water partition coefficient (Wildman–Crippen LogP) is -0.671. The van der Waals surface area contributed by atoms with Crippen molar-refractivity contribution in [2.45, 2.75) is 11.9 Å². The highest BCUT2D eigenvalue weighted by Crippen LogP contribution is 2.21. The highest BCUT2D eigenvalue weighted by atomic mass is 32.2. The van der Waals surface area contributed by atoms with E-state index in [0.717, 1.165) is 19.6 Å². The maximum atomic E-state index is 12.5. The number of hydrogen-bond donors (Lipinski definition) is 1. The molecule has 1 aliphatic heterocycles. The molecule has 0 aromatic carbocycles. The van der Waals surface area contributed by atoms with Gasteiger partial charge < -0.3 is 15.2 Å². The number of sulfonamides is 1. The summed E-state index contributed by atoms with van der Waals surface area (Å²) in [4.78, 5) is 6.05. The van der Waals surface area contributed by atoms with Gasteiger partial charge in [-0.1, -0.05) is 6.92 Å². The molecule has 1 fully saturated rings. The van der Waals surface area contributed by atoms with Gasteiger partial charge in [0.2, 0.25) is 0 Å². The van der Waals surface area contributed by atoms with Crippen molar-refractivity contribution in [1.82, 2.24) is 18.8 Å². The Morgan fingerprint density at radius 2 is 1.94 bits per heavy atom. The Morgan fingerprint density at radius 3 is 2.39 bits per heavy atom. The number of rotatable bonds is 3. The monoisotopic (exact) mass is 273 g/mol. The van der Waals surface area contributed by atoms with E-state index in [-0.39, 0.29) is 10.8 Å². The standard InChI is InChI=1S/C10H19N5O2S/c1-3-14-4-6-15(7-5-14)18(16,17)10-9(11)12-8-13(10)2/h8H,3-7,11H2,1-2H3. The molecule has 18 heavy (non-hydrogen) atoms. The van der Waals surface area contributed by atoms with Crippen LogP contribution in [-0.4, -0.2) is 59.9 Å². The van der Waals surface area contributed by atoms with Gasteiger partial charge in [-0.3, -0.25) is 0 Å². The first-order chi connectivity index (χ1) is 8.46. The first kappa shape index (κ1) is 13.3. The molecule has 2 N–H and O–H groups in total. The van der Waals surface area contributed by atoms with E-state index in [1.165, 1.54) is 15.2 Å². The van der Waals surface area contributed by atoms with Gasteiger partial charge in [0, 0.05) is 33.2 Å². The van der Waals surface area contributed by atoms with Crippen molar-refractivity contribution >= 4 is 15.8 Å². The summed E-state index contributed by atoms with van der Waals surface area (Å²) in [5.41, 5.74) is 5.64. The van der Waals surface area contributed by atoms with Crippen LogP contribution < -0.4 is 5.73 Å². The third kappa shape index (κ3) is 2.23. The molecule has 0 bridgehead atoms. The summed E-state index contributed by atoms with van der Waals surface area (Å²) in [5.74, 6) is 0.0652. The van der Waals surface area contributed by atoms with Crippen molar-refractivity contribution in [2.24, 2.45) is 7.05 Å². The van der Waals surface area contributed by atoms with Crippen molar-refractivity contribution in [1.29, 1.82) is 0 Å². The van der Waals surface area contributed by atoms with Crippen LogP contribution in [0.3, 0.4) is 0 Å². The van der Waals surface area contributed by atoms with E-state index < -0.39 is 10.0 Å². The quantitative estimate of drug-likeness (QED) is 0.789. The van der Waals surface area contributed by atoms with Gasteiger partial charge in [0.15, 0.2) is 10.8 Å².